The first-order chi connectivity index (χ1) is 9.63. The molecule has 0 aliphatic heterocycles. The van der Waals surface area contributed by atoms with Crippen molar-refractivity contribution in [3.05, 3.63) is 29.3 Å². The van der Waals surface area contributed by atoms with Crippen LogP contribution in [0.3, 0.4) is 0 Å². The van der Waals surface area contributed by atoms with Gasteiger partial charge in [-0.25, -0.2) is 0 Å². The Labute approximate surface area is 124 Å². The van der Waals surface area contributed by atoms with Crippen molar-refractivity contribution >= 4 is 0 Å². The van der Waals surface area contributed by atoms with Crippen molar-refractivity contribution in [1.82, 2.24) is 5.32 Å². The van der Waals surface area contributed by atoms with Crippen LogP contribution < -0.4 is 10.1 Å². The Morgan fingerprint density at radius 2 is 1.85 bits per heavy atom. The van der Waals surface area contributed by atoms with Crippen molar-refractivity contribution in [3.8, 4) is 5.75 Å². The second kappa shape index (κ2) is 9.82. The molecule has 2 heteroatoms. The molecule has 0 aromatic heterocycles. The third-order valence-corrected chi connectivity index (χ3v) is 3.67. The van der Waals surface area contributed by atoms with Crippen LogP contribution in [0.5, 0.6) is 5.75 Å². The summed E-state index contributed by atoms with van der Waals surface area (Å²) in [5.41, 5.74) is 2.54. The second-order valence-corrected chi connectivity index (χ2v) is 6.08. The summed E-state index contributed by atoms with van der Waals surface area (Å²) < 4.78 is 5.28. The summed E-state index contributed by atoms with van der Waals surface area (Å²) in [5, 5.41) is 3.53. The number of hydrogen-bond acceptors (Lipinski definition) is 2. The minimum Gasteiger partial charge on any atom is -0.496 e. The molecular weight excluding hydrogens is 246 g/mol. The smallest absolute Gasteiger partial charge is 0.121 e. The average Bonchev–Trinajstić information content (AvgIpc) is 2.41. The van der Waals surface area contributed by atoms with Crippen LogP contribution in [0.2, 0.25) is 0 Å². The Hall–Kier alpha value is -1.02. The number of hydrogen-bond donors (Lipinski definition) is 1. The van der Waals surface area contributed by atoms with E-state index in [1.807, 2.05) is 0 Å². The maximum absolute atomic E-state index is 5.28. The lowest BCUT2D eigenvalue weighted by molar-refractivity contribution is 0.411. The zero-order chi connectivity index (χ0) is 14.8. The molecule has 114 valence electrons. The molecule has 2 nitrogen and oxygen atoms in total. The third kappa shape index (κ3) is 6.95. The maximum atomic E-state index is 5.28. The van der Waals surface area contributed by atoms with Gasteiger partial charge in [0.05, 0.1) is 7.11 Å². The first kappa shape index (κ1) is 17.0. The number of benzene rings is 1. The van der Waals surface area contributed by atoms with E-state index in [9.17, 15) is 0 Å². The summed E-state index contributed by atoms with van der Waals surface area (Å²) in [7, 11) is 1.72. The molecular formula is C18H31NO. The van der Waals surface area contributed by atoms with E-state index in [2.05, 4.69) is 44.3 Å². The topological polar surface area (TPSA) is 21.3 Å². The van der Waals surface area contributed by atoms with Gasteiger partial charge in [-0.05, 0) is 43.0 Å². The van der Waals surface area contributed by atoms with Crippen LogP contribution >= 0.6 is 0 Å². The van der Waals surface area contributed by atoms with Crippen molar-refractivity contribution < 1.29 is 4.74 Å². The largest absolute Gasteiger partial charge is 0.496 e. The Bertz CT molecular complexity index is 374. The molecule has 0 spiro atoms. The molecule has 0 fully saturated rings. The molecule has 0 amide bonds. The minimum atomic E-state index is 0.853. The van der Waals surface area contributed by atoms with Gasteiger partial charge in [0.1, 0.15) is 5.75 Å². The lowest BCUT2D eigenvalue weighted by Crippen LogP contribution is -2.14. The van der Waals surface area contributed by atoms with Crippen molar-refractivity contribution in [1.29, 1.82) is 0 Å². The number of aryl methyl sites for hydroxylation is 1. The summed E-state index contributed by atoms with van der Waals surface area (Å²) in [4.78, 5) is 0. The van der Waals surface area contributed by atoms with Gasteiger partial charge < -0.3 is 10.1 Å². The first-order valence-electron chi connectivity index (χ1n) is 7.97. The zero-order valence-corrected chi connectivity index (χ0v) is 13.7. The van der Waals surface area contributed by atoms with E-state index in [1.165, 1.54) is 43.2 Å². The highest BCUT2D eigenvalue weighted by atomic mass is 16.5. The van der Waals surface area contributed by atoms with Crippen molar-refractivity contribution in [2.24, 2.45) is 5.92 Å². The van der Waals surface area contributed by atoms with Gasteiger partial charge in [0.15, 0.2) is 0 Å². The lowest BCUT2D eigenvalue weighted by Gasteiger charge is -2.09. The van der Waals surface area contributed by atoms with E-state index < -0.39 is 0 Å². The molecule has 1 rings (SSSR count). The molecule has 0 unspecified atom stereocenters. The van der Waals surface area contributed by atoms with Gasteiger partial charge >= 0.3 is 0 Å². The molecule has 1 aromatic carbocycles. The van der Waals surface area contributed by atoms with E-state index in [0.29, 0.717) is 0 Å². The van der Waals surface area contributed by atoms with E-state index in [1.54, 1.807) is 7.11 Å². The quantitative estimate of drug-likeness (QED) is 0.626. The van der Waals surface area contributed by atoms with E-state index in [0.717, 1.165) is 24.8 Å². The fourth-order valence-electron chi connectivity index (χ4n) is 2.44. The molecule has 0 bridgehead atoms. The molecule has 20 heavy (non-hydrogen) atoms. The molecule has 0 saturated heterocycles. The Kier molecular flexibility index (Phi) is 8.36. The van der Waals surface area contributed by atoms with Gasteiger partial charge in [-0.2, -0.15) is 0 Å². The van der Waals surface area contributed by atoms with Gasteiger partial charge in [-0.1, -0.05) is 51.7 Å². The molecule has 1 aromatic rings. The predicted octanol–water partition coefficient (Wildman–Crippen LogP) is 4.70. The van der Waals surface area contributed by atoms with E-state index >= 15 is 0 Å². The number of rotatable bonds is 10. The van der Waals surface area contributed by atoms with E-state index in [-0.39, 0.29) is 0 Å². The molecule has 0 aliphatic rings. The molecule has 0 heterocycles. The lowest BCUT2D eigenvalue weighted by atomic mass is 10.0. The predicted molar refractivity (Wildman–Crippen MR) is 87.4 cm³/mol. The van der Waals surface area contributed by atoms with Crippen LogP contribution in [-0.2, 0) is 6.54 Å². The number of unbranched alkanes of at least 4 members (excludes halogenated alkanes) is 3. The van der Waals surface area contributed by atoms with Gasteiger partial charge in [-0.3, -0.25) is 0 Å². The highest BCUT2D eigenvalue weighted by Gasteiger charge is 1.99. The highest BCUT2D eigenvalue weighted by Crippen LogP contribution is 2.18. The maximum Gasteiger partial charge on any atom is 0.121 e. The fraction of sp³-hybridized carbons (Fsp3) is 0.667. The Morgan fingerprint density at radius 1 is 1.10 bits per heavy atom. The third-order valence-electron chi connectivity index (χ3n) is 3.67. The molecule has 0 atom stereocenters. The first-order valence-corrected chi connectivity index (χ1v) is 7.97. The zero-order valence-electron chi connectivity index (χ0n) is 13.7. The molecule has 1 N–H and O–H groups in total. The summed E-state index contributed by atoms with van der Waals surface area (Å²) in [6, 6.07) is 6.40. The summed E-state index contributed by atoms with van der Waals surface area (Å²) in [6.07, 6.45) is 6.77. The Balaban J connectivity index is 2.08. The van der Waals surface area contributed by atoms with Crippen LogP contribution in [0.15, 0.2) is 18.2 Å². The van der Waals surface area contributed by atoms with Crippen molar-refractivity contribution in [2.75, 3.05) is 13.7 Å². The van der Waals surface area contributed by atoms with Crippen molar-refractivity contribution in [2.45, 2.75) is 59.4 Å². The highest BCUT2D eigenvalue weighted by molar-refractivity contribution is 5.36. The summed E-state index contributed by atoms with van der Waals surface area (Å²) in [5.74, 6) is 1.82. The summed E-state index contributed by atoms with van der Waals surface area (Å²) in [6.45, 7) is 8.78. The summed E-state index contributed by atoms with van der Waals surface area (Å²) >= 11 is 0. The van der Waals surface area contributed by atoms with Crippen molar-refractivity contribution in [3.63, 3.8) is 0 Å². The molecule has 0 radical (unpaired) electrons. The number of nitrogens with one attached hydrogen (secondary N) is 1. The van der Waals surface area contributed by atoms with Gasteiger partial charge in [0.25, 0.3) is 0 Å². The van der Waals surface area contributed by atoms with Crippen LogP contribution in [0.4, 0.5) is 0 Å². The molecule has 0 saturated carbocycles. The fourth-order valence-corrected chi connectivity index (χ4v) is 2.44. The number of methoxy groups -OCH3 is 1. The second-order valence-electron chi connectivity index (χ2n) is 6.08. The SMILES string of the molecule is COc1ccc(CNCCCCCCC(C)C)cc1C. The van der Waals surface area contributed by atoms with Gasteiger partial charge in [0, 0.05) is 6.54 Å². The Morgan fingerprint density at radius 3 is 2.50 bits per heavy atom. The van der Waals surface area contributed by atoms with Crippen LogP contribution in [0, 0.1) is 12.8 Å². The van der Waals surface area contributed by atoms with Gasteiger partial charge in [-0.15, -0.1) is 0 Å². The normalized spacial score (nSPS) is 11.1. The molecule has 0 aliphatic carbocycles. The van der Waals surface area contributed by atoms with Crippen LogP contribution in [0.25, 0.3) is 0 Å². The number of ether oxygens (including phenoxy) is 1. The van der Waals surface area contributed by atoms with E-state index in [4.69, 9.17) is 4.74 Å². The van der Waals surface area contributed by atoms with Gasteiger partial charge in [0.2, 0.25) is 0 Å². The van der Waals surface area contributed by atoms with Crippen LogP contribution in [0.1, 0.15) is 57.1 Å². The standard InChI is InChI=1S/C18H31NO/c1-15(2)9-7-5-6-8-12-19-14-17-10-11-18(20-4)16(3)13-17/h10-11,13,15,19H,5-9,12,14H2,1-4H3. The minimum absolute atomic E-state index is 0.853. The van der Waals surface area contributed by atoms with Crippen LogP contribution in [-0.4, -0.2) is 13.7 Å². The average molecular weight is 277 g/mol. The monoisotopic (exact) mass is 277 g/mol.